The summed E-state index contributed by atoms with van der Waals surface area (Å²) in [6, 6.07) is 18.6. The van der Waals surface area contributed by atoms with Gasteiger partial charge in [0.25, 0.3) is 0 Å². The molecular formula is C26H30ClN3O2S. The second-order valence-electron chi connectivity index (χ2n) is 8.47. The van der Waals surface area contributed by atoms with E-state index in [1.165, 1.54) is 5.56 Å². The first-order chi connectivity index (χ1) is 15.8. The molecule has 0 aliphatic heterocycles. The van der Waals surface area contributed by atoms with Gasteiger partial charge in [0, 0.05) is 28.7 Å². The van der Waals surface area contributed by atoms with Gasteiger partial charge in [-0.05, 0) is 59.7 Å². The smallest absolute Gasteiger partial charge is 0.322 e. The summed E-state index contributed by atoms with van der Waals surface area (Å²) >= 11 is 7.59. The number of nitrogens with zero attached hydrogens (tertiary/aromatic N) is 2. The predicted molar refractivity (Wildman–Crippen MR) is 137 cm³/mol. The summed E-state index contributed by atoms with van der Waals surface area (Å²) in [5.41, 5.74) is 2.87. The SMILES string of the molecule is Cc1ccsc1CN(Cc1ccccc1)C(=O)CN(CC(C)C)C(=O)Nc1ccc(Cl)cc1. The summed E-state index contributed by atoms with van der Waals surface area (Å²) < 4.78 is 0. The first kappa shape index (κ1) is 24.8. The summed E-state index contributed by atoms with van der Waals surface area (Å²) in [6.07, 6.45) is 0. The predicted octanol–water partition coefficient (Wildman–Crippen LogP) is 6.43. The van der Waals surface area contributed by atoms with Crippen LogP contribution in [-0.2, 0) is 17.9 Å². The summed E-state index contributed by atoms with van der Waals surface area (Å²) in [5.74, 6) is 0.134. The molecule has 5 nitrogen and oxygen atoms in total. The van der Waals surface area contributed by atoms with E-state index in [0.717, 1.165) is 10.4 Å². The zero-order valence-corrected chi connectivity index (χ0v) is 20.8. The maximum atomic E-state index is 13.5. The van der Waals surface area contributed by atoms with E-state index in [1.54, 1.807) is 40.5 Å². The number of rotatable bonds is 9. The number of thiophene rings is 1. The Balaban J connectivity index is 1.76. The average Bonchev–Trinajstić information content (AvgIpc) is 3.19. The molecule has 33 heavy (non-hydrogen) atoms. The minimum Gasteiger partial charge on any atom is -0.332 e. The van der Waals surface area contributed by atoms with Crippen molar-refractivity contribution in [1.29, 1.82) is 0 Å². The number of hydrogen-bond acceptors (Lipinski definition) is 3. The van der Waals surface area contributed by atoms with Crippen LogP contribution < -0.4 is 5.32 Å². The quantitative estimate of drug-likeness (QED) is 0.381. The van der Waals surface area contributed by atoms with Crippen LogP contribution in [0.2, 0.25) is 5.02 Å². The van der Waals surface area contributed by atoms with Gasteiger partial charge in [-0.25, -0.2) is 4.79 Å². The number of urea groups is 1. The van der Waals surface area contributed by atoms with Gasteiger partial charge in [-0.1, -0.05) is 55.8 Å². The lowest BCUT2D eigenvalue weighted by atomic mass is 10.2. The molecule has 0 bridgehead atoms. The number of benzene rings is 2. The van der Waals surface area contributed by atoms with Crippen LogP contribution in [0.3, 0.4) is 0 Å². The maximum Gasteiger partial charge on any atom is 0.322 e. The summed E-state index contributed by atoms with van der Waals surface area (Å²) in [4.78, 5) is 31.1. The van der Waals surface area contributed by atoms with Crippen molar-refractivity contribution in [1.82, 2.24) is 9.80 Å². The molecular weight excluding hydrogens is 454 g/mol. The highest BCUT2D eigenvalue weighted by molar-refractivity contribution is 7.10. The van der Waals surface area contributed by atoms with Crippen molar-refractivity contribution in [2.45, 2.75) is 33.9 Å². The zero-order valence-electron chi connectivity index (χ0n) is 19.3. The van der Waals surface area contributed by atoms with Gasteiger partial charge in [0.05, 0.1) is 6.54 Å². The summed E-state index contributed by atoms with van der Waals surface area (Å²) in [6.45, 7) is 7.61. The molecule has 0 radical (unpaired) electrons. The van der Waals surface area contributed by atoms with Gasteiger partial charge in [-0.15, -0.1) is 11.3 Å². The van der Waals surface area contributed by atoms with Crippen molar-refractivity contribution in [2.75, 3.05) is 18.4 Å². The molecule has 0 atom stereocenters. The van der Waals surface area contributed by atoms with E-state index in [1.807, 2.05) is 54.5 Å². The molecule has 2 aromatic carbocycles. The molecule has 0 fully saturated rings. The average molecular weight is 484 g/mol. The van der Waals surface area contributed by atoms with Gasteiger partial charge >= 0.3 is 6.03 Å². The maximum absolute atomic E-state index is 13.5. The van der Waals surface area contributed by atoms with Crippen LogP contribution in [0, 0.1) is 12.8 Å². The van der Waals surface area contributed by atoms with Crippen molar-refractivity contribution in [3.05, 3.63) is 87.1 Å². The van der Waals surface area contributed by atoms with E-state index in [0.29, 0.717) is 30.3 Å². The third kappa shape index (κ3) is 7.62. The van der Waals surface area contributed by atoms with Crippen LogP contribution >= 0.6 is 22.9 Å². The fourth-order valence-electron chi connectivity index (χ4n) is 3.43. The molecule has 7 heteroatoms. The van der Waals surface area contributed by atoms with Crippen LogP contribution in [0.15, 0.2) is 66.0 Å². The zero-order chi connectivity index (χ0) is 23.8. The topological polar surface area (TPSA) is 52.7 Å². The molecule has 0 aliphatic rings. The van der Waals surface area contributed by atoms with Crippen molar-refractivity contribution < 1.29 is 9.59 Å². The highest BCUT2D eigenvalue weighted by atomic mass is 35.5. The van der Waals surface area contributed by atoms with Gasteiger partial charge in [0.15, 0.2) is 0 Å². The van der Waals surface area contributed by atoms with E-state index in [9.17, 15) is 9.59 Å². The normalized spacial score (nSPS) is 10.8. The Labute approximate surface area is 205 Å². The molecule has 3 rings (SSSR count). The number of hydrogen-bond donors (Lipinski definition) is 1. The molecule has 0 saturated carbocycles. The first-order valence-corrected chi connectivity index (χ1v) is 12.2. The van der Waals surface area contributed by atoms with Crippen LogP contribution in [0.5, 0.6) is 0 Å². The monoisotopic (exact) mass is 483 g/mol. The molecule has 0 unspecified atom stereocenters. The van der Waals surface area contributed by atoms with E-state index < -0.39 is 0 Å². The third-order valence-electron chi connectivity index (χ3n) is 5.17. The fraction of sp³-hybridized carbons (Fsp3) is 0.308. The molecule has 1 heterocycles. The molecule has 1 N–H and O–H groups in total. The van der Waals surface area contributed by atoms with Crippen molar-refractivity contribution >= 4 is 40.6 Å². The second-order valence-corrected chi connectivity index (χ2v) is 9.91. The van der Waals surface area contributed by atoms with Crippen molar-refractivity contribution in [3.63, 3.8) is 0 Å². The minimum absolute atomic E-state index is 0.00879. The van der Waals surface area contributed by atoms with Crippen LogP contribution in [-0.4, -0.2) is 34.8 Å². The molecule has 174 valence electrons. The van der Waals surface area contributed by atoms with Crippen LogP contribution in [0.25, 0.3) is 0 Å². The molecule has 0 saturated heterocycles. The Hall–Kier alpha value is -2.83. The lowest BCUT2D eigenvalue weighted by Crippen LogP contribution is -2.45. The van der Waals surface area contributed by atoms with Crippen LogP contribution in [0.4, 0.5) is 10.5 Å². The van der Waals surface area contributed by atoms with Gasteiger partial charge in [0.1, 0.15) is 6.54 Å². The molecule has 1 aromatic heterocycles. The first-order valence-electron chi connectivity index (χ1n) is 11.0. The Kier molecular flexibility index (Phi) is 8.92. The summed E-state index contributed by atoms with van der Waals surface area (Å²) in [7, 11) is 0. The molecule has 3 amide bonds. The van der Waals surface area contributed by atoms with Gasteiger partial charge in [0.2, 0.25) is 5.91 Å². The van der Waals surface area contributed by atoms with Crippen molar-refractivity contribution in [2.24, 2.45) is 5.92 Å². The fourth-order valence-corrected chi connectivity index (χ4v) is 4.48. The Morgan fingerprint density at radius 1 is 0.970 bits per heavy atom. The number of nitrogens with one attached hydrogen (secondary N) is 1. The van der Waals surface area contributed by atoms with Gasteiger partial charge < -0.3 is 15.1 Å². The molecule has 0 spiro atoms. The molecule has 0 aliphatic carbocycles. The van der Waals surface area contributed by atoms with E-state index in [-0.39, 0.29) is 24.4 Å². The number of amides is 3. The Bertz CT molecular complexity index is 1050. The van der Waals surface area contributed by atoms with Crippen molar-refractivity contribution in [3.8, 4) is 0 Å². The number of halogens is 1. The number of anilines is 1. The summed E-state index contributed by atoms with van der Waals surface area (Å²) in [5, 5.41) is 5.52. The molecule has 3 aromatic rings. The largest absolute Gasteiger partial charge is 0.332 e. The van der Waals surface area contributed by atoms with E-state index >= 15 is 0 Å². The van der Waals surface area contributed by atoms with Gasteiger partial charge in [-0.3, -0.25) is 4.79 Å². The second kappa shape index (κ2) is 11.9. The standard InChI is InChI=1S/C26H30ClN3O2S/c1-19(2)15-30(26(32)28-23-11-9-22(27)10-12-23)18-25(31)29(16-21-7-5-4-6-8-21)17-24-20(3)13-14-33-24/h4-14,19H,15-18H2,1-3H3,(H,28,32). The third-order valence-corrected chi connectivity index (χ3v) is 6.43. The minimum atomic E-state index is -0.300. The lowest BCUT2D eigenvalue weighted by molar-refractivity contribution is -0.133. The number of aryl methyl sites for hydroxylation is 1. The Morgan fingerprint density at radius 3 is 2.27 bits per heavy atom. The lowest BCUT2D eigenvalue weighted by Gasteiger charge is -2.29. The number of carbonyl (C=O) groups is 2. The highest BCUT2D eigenvalue weighted by Gasteiger charge is 2.23. The van der Waals surface area contributed by atoms with Gasteiger partial charge in [-0.2, -0.15) is 0 Å². The Morgan fingerprint density at radius 2 is 1.67 bits per heavy atom. The van der Waals surface area contributed by atoms with E-state index in [4.69, 9.17) is 11.6 Å². The highest BCUT2D eigenvalue weighted by Crippen LogP contribution is 2.20. The van der Waals surface area contributed by atoms with E-state index in [2.05, 4.69) is 18.3 Å². The number of carbonyl (C=O) groups excluding carboxylic acids is 2. The van der Waals surface area contributed by atoms with Crippen LogP contribution in [0.1, 0.15) is 29.9 Å².